The molecule has 1 aliphatic carbocycles. The smallest absolute Gasteiger partial charge is 0.220 e. The molecular weight excluding hydrogens is 426 g/mol. The molecule has 1 N–H and O–H groups in total. The topological polar surface area (TPSA) is 50.8 Å². The van der Waals surface area contributed by atoms with Crippen molar-refractivity contribution < 1.29 is 23.0 Å². The Hall–Kier alpha value is -2.35. The van der Waals surface area contributed by atoms with Crippen molar-refractivity contribution in [2.75, 3.05) is 33.4 Å². The number of likely N-dealkylation sites (tertiary alicyclic amines) is 1. The lowest BCUT2D eigenvalue weighted by molar-refractivity contribution is -0.124. The Kier molecular flexibility index (Phi) is 7.41. The van der Waals surface area contributed by atoms with E-state index in [1.54, 1.807) is 7.11 Å². The van der Waals surface area contributed by atoms with Gasteiger partial charge in [0.25, 0.3) is 0 Å². The number of hydrogen-bond acceptors (Lipinski definition) is 4. The summed E-state index contributed by atoms with van der Waals surface area (Å²) < 4.78 is 38.9. The predicted molar refractivity (Wildman–Crippen MR) is 122 cm³/mol. The van der Waals surface area contributed by atoms with Crippen molar-refractivity contribution >= 4 is 5.91 Å². The summed E-state index contributed by atoms with van der Waals surface area (Å²) >= 11 is 0. The van der Waals surface area contributed by atoms with Crippen LogP contribution in [0.3, 0.4) is 0 Å². The molecule has 5 nitrogen and oxygen atoms in total. The van der Waals surface area contributed by atoms with Crippen LogP contribution in [0.4, 0.5) is 8.78 Å². The molecule has 0 unspecified atom stereocenters. The van der Waals surface area contributed by atoms with E-state index in [4.69, 9.17) is 9.47 Å². The van der Waals surface area contributed by atoms with Crippen LogP contribution in [0, 0.1) is 11.6 Å². The van der Waals surface area contributed by atoms with Crippen LogP contribution in [0.15, 0.2) is 42.5 Å². The molecule has 0 aromatic heterocycles. The third-order valence-electron chi connectivity index (χ3n) is 6.98. The van der Waals surface area contributed by atoms with Gasteiger partial charge in [0, 0.05) is 31.6 Å². The largest absolute Gasteiger partial charge is 0.382 e. The normalized spacial score (nSPS) is 21.8. The standard InChI is InChI=1S/C26H32F2N2O3/c1-3-23(31)29-24-21-6-4-5-7-22(21)26(25(24)33-13-12-32-2)8-10-30(11-9-26)17-18-14-19(27)16-20(28)15-18/h4-7,14-16,24-25H,3,8-13,17H2,1-2H3,(H,29,31)/t24-,25+/m1/s1. The second kappa shape index (κ2) is 10.3. The molecular formula is C26H32F2N2O3. The fourth-order valence-electron chi connectivity index (χ4n) is 5.42. The van der Waals surface area contributed by atoms with Gasteiger partial charge in [-0.05, 0) is 54.8 Å². The minimum Gasteiger partial charge on any atom is -0.382 e. The molecule has 2 aromatic carbocycles. The van der Waals surface area contributed by atoms with Gasteiger partial charge in [0.05, 0.1) is 25.4 Å². The van der Waals surface area contributed by atoms with Crippen LogP contribution in [-0.2, 0) is 26.2 Å². The van der Waals surface area contributed by atoms with Gasteiger partial charge in [0.15, 0.2) is 0 Å². The van der Waals surface area contributed by atoms with E-state index in [1.807, 2.05) is 19.1 Å². The molecule has 1 fully saturated rings. The highest BCUT2D eigenvalue weighted by molar-refractivity contribution is 5.76. The first-order chi connectivity index (χ1) is 16.0. The summed E-state index contributed by atoms with van der Waals surface area (Å²) in [5, 5.41) is 3.20. The van der Waals surface area contributed by atoms with Crippen molar-refractivity contribution in [2.45, 2.75) is 50.3 Å². The van der Waals surface area contributed by atoms with E-state index in [0.29, 0.717) is 31.7 Å². The number of nitrogens with zero attached hydrogens (tertiary/aromatic N) is 1. The van der Waals surface area contributed by atoms with Gasteiger partial charge in [-0.15, -0.1) is 0 Å². The Morgan fingerprint density at radius 2 is 1.82 bits per heavy atom. The zero-order chi connectivity index (χ0) is 23.4. The second-order valence-electron chi connectivity index (χ2n) is 8.98. The molecule has 2 atom stereocenters. The molecule has 1 amide bonds. The van der Waals surface area contributed by atoms with Crippen molar-refractivity contribution in [1.29, 1.82) is 0 Å². The highest BCUT2D eigenvalue weighted by Gasteiger charge is 2.54. The summed E-state index contributed by atoms with van der Waals surface area (Å²) in [6.45, 7) is 4.81. The van der Waals surface area contributed by atoms with Crippen molar-refractivity contribution in [3.63, 3.8) is 0 Å². The molecule has 1 aliphatic heterocycles. The zero-order valence-corrected chi connectivity index (χ0v) is 19.3. The number of carbonyl (C=O) groups is 1. The number of ether oxygens (including phenoxy) is 2. The van der Waals surface area contributed by atoms with Crippen LogP contribution in [0.2, 0.25) is 0 Å². The number of hydrogen-bond donors (Lipinski definition) is 1. The summed E-state index contributed by atoms with van der Waals surface area (Å²) in [4.78, 5) is 14.6. The number of halogens is 2. The summed E-state index contributed by atoms with van der Waals surface area (Å²) in [6.07, 6.45) is 1.87. The maximum Gasteiger partial charge on any atom is 0.220 e. The van der Waals surface area contributed by atoms with Crippen molar-refractivity contribution in [1.82, 2.24) is 10.2 Å². The fraction of sp³-hybridized carbons (Fsp3) is 0.500. The molecule has 0 bridgehead atoms. The second-order valence-corrected chi connectivity index (χ2v) is 8.98. The van der Waals surface area contributed by atoms with Crippen LogP contribution < -0.4 is 5.32 Å². The number of benzene rings is 2. The van der Waals surface area contributed by atoms with Crippen molar-refractivity contribution in [3.05, 3.63) is 70.8 Å². The Balaban J connectivity index is 1.58. The van der Waals surface area contributed by atoms with Gasteiger partial charge in [-0.1, -0.05) is 31.2 Å². The molecule has 7 heteroatoms. The Bertz CT molecular complexity index is 956. The van der Waals surface area contributed by atoms with Gasteiger partial charge in [0.1, 0.15) is 11.6 Å². The maximum atomic E-state index is 13.6. The quantitative estimate of drug-likeness (QED) is 0.605. The molecule has 4 rings (SSSR count). The van der Waals surface area contributed by atoms with E-state index in [0.717, 1.165) is 37.6 Å². The van der Waals surface area contributed by atoms with Gasteiger partial charge < -0.3 is 14.8 Å². The van der Waals surface area contributed by atoms with E-state index >= 15 is 0 Å². The molecule has 0 radical (unpaired) electrons. The van der Waals surface area contributed by atoms with E-state index in [-0.39, 0.29) is 23.5 Å². The number of nitrogens with one attached hydrogen (secondary N) is 1. The van der Waals surface area contributed by atoms with Crippen LogP contribution in [0.1, 0.15) is 48.9 Å². The SMILES string of the molecule is CCC(=O)N[C@@H]1c2ccccc2C2(CCN(Cc3cc(F)cc(F)c3)CC2)[C@H]1OCCOC. The van der Waals surface area contributed by atoms with Gasteiger partial charge in [0.2, 0.25) is 5.91 Å². The van der Waals surface area contributed by atoms with Crippen LogP contribution in [0.5, 0.6) is 0 Å². The average Bonchev–Trinajstić information content (AvgIpc) is 3.04. The number of methoxy groups -OCH3 is 1. The number of fused-ring (bicyclic) bond motifs is 2. The summed E-state index contributed by atoms with van der Waals surface area (Å²) in [7, 11) is 1.65. The summed E-state index contributed by atoms with van der Waals surface area (Å²) in [5.41, 5.74) is 2.74. The Morgan fingerprint density at radius 3 is 2.48 bits per heavy atom. The Labute approximate surface area is 194 Å². The van der Waals surface area contributed by atoms with Crippen molar-refractivity contribution in [3.8, 4) is 0 Å². The van der Waals surface area contributed by atoms with Crippen LogP contribution in [0.25, 0.3) is 0 Å². The number of rotatable bonds is 8. The molecule has 0 saturated carbocycles. The molecule has 178 valence electrons. The van der Waals surface area contributed by atoms with E-state index in [9.17, 15) is 13.6 Å². The summed E-state index contributed by atoms with van der Waals surface area (Å²) in [5.74, 6) is -1.11. The number of amides is 1. The lowest BCUT2D eigenvalue weighted by Crippen LogP contribution is -2.51. The van der Waals surface area contributed by atoms with E-state index < -0.39 is 11.6 Å². The highest BCUT2D eigenvalue weighted by atomic mass is 19.1. The van der Waals surface area contributed by atoms with E-state index in [2.05, 4.69) is 22.3 Å². The van der Waals surface area contributed by atoms with Crippen LogP contribution in [-0.4, -0.2) is 50.3 Å². The monoisotopic (exact) mass is 458 g/mol. The van der Waals surface area contributed by atoms with Gasteiger partial charge in [-0.3, -0.25) is 9.69 Å². The Morgan fingerprint density at radius 1 is 1.12 bits per heavy atom. The first-order valence-corrected chi connectivity index (χ1v) is 11.6. The van der Waals surface area contributed by atoms with E-state index in [1.165, 1.54) is 17.7 Å². The first kappa shape index (κ1) is 23.8. The molecule has 1 heterocycles. The number of carbonyl (C=O) groups excluding carboxylic acids is 1. The van der Waals surface area contributed by atoms with Gasteiger partial charge in [-0.2, -0.15) is 0 Å². The molecule has 33 heavy (non-hydrogen) atoms. The molecule has 1 spiro atoms. The molecule has 2 aliphatic rings. The zero-order valence-electron chi connectivity index (χ0n) is 19.3. The van der Waals surface area contributed by atoms with Crippen LogP contribution >= 0.6 is 0 Å². The molecule has 2 aromatic rings. The molecule has 1 saturated heterocycles. The maximum absolute atomic E-state index is 13.6. The predicted octanol–water partition coefficient (Wildman–Crippen LogP) is 4.11. The minimum atomic E-state index is -0.552. The van der Waals surface area contributed by atoms with Gasteiger partial charge in [-0.25, -0.2) is 8.78 Å². The van der Waals surface area contributed by atoms with Crippen molar-refractivity contribution in [2.24, 2.45) is 0 Å². The third kappa shape index (κ3) is 4.95. The number of piperidine rings is 1. The minimum absolute atomic E-state index is 0.00207. The lowest BCUT2D eigenvalue weighted by atomic mass is 9.71. The lowest BCUT2D eigenvalue weighted by Gasteiger charge is -2.44. The third-order valence-corrected chi connectivity index (χ3v) is 6.98. The summed E-state index contributed by atoms with van der Waals surface area (Å²) in [6, 6.07) is 11.8. The average molecular weight is 459 g/mol. The fourth-order valence-corrected chi connectivity index (χ4v) is 5.42. The first-order valence-electron chi connectivity index (χ1n) is 11.6. The highest BCUT2D eigenvalue weighted by Crippen LogP contribution is 2.52. The van der Waals surface area contributed by atoms with Gasteiger partial charge >= 0.3 is 0 Å².